The molecular weight excluding hydrogens is 276 g/mol. The number of fused-ring (bicyclic) bond motifs is 1. The molecule has 3 rings (SSSR count). The van der Waals surface area contributed by atoms with Crippen LogP contribution in [-0.4, -0.2) is 9.55 Å². The van der Waals surface area contributed by atoms with Gasteiger partial charge in [-0.2, -0.15) is 0 Å². The molecule has 0 saturated heterocycles. The Morgan fingerprint density at radius 2 is 2.21 bits per heavy atom. The van der Waals surface area contributed by atoms with Crippen molar-refractivity contribution in [3.8, 4) is 0 Å². The highest BCUT2D eigenvalue weighted by atomic mass is 35.5. The quantitative estimate of drug-likeness (QED) is 0.689. The molecule has 1 N–H and O–H groups in total. The molecule has 0 radical (unpaired) electrons. The van der Waals surface area contributed by atoms with Gasteiger partial charge in [0.25, 0.3) is 0 Å². The van der Waals surface area contributed by atoms with Gasteiger partial charge in [0, 0.05) is 6.04 Å². The van der Waals surface area contributed by atoms with Crippen molar-refractivity contribution in [1.29, 1.82) is 0 Å². The molecule has 2 aromatic rings. The Morgan fingerprint density at radius 1 is 1.42 bits per heavy atom. The Kier molecular flexibility index (Phi) is 3.22. The van der Waals surface area contributed by atoms with Crippen LogP contribution in [0.1, 0.15) is 45.6 Å². The Balaban J connectivity index is 2.15. The smallest absolute Gasteiger partial charge is 0.178 e. The second-order valence-corrected chi connectivity index (χ2v) is 7.14. The Labute approximate surface area is 123 Å². The number of nitrogens with zero attached hydrogens (tertiary/aromatic N) is 1. The van der Waals surface area contributed by atoms with Crippen molar-refractivity contribution in [2.45, 2.75) is 45.6 Å². The monoisotopic (exact) mass is 294 g/mol. The van der Waals surface area contributed by atoms with Crippen LogP contribution in [0.25, 0.3) is 11.0 Å². The molecule has 0 spiro atoms. The van der Waals surface area contributed by atoms with Crippen LogP contribution in [0.3, 0.4) is 0 Å². The van der Waals surface area contributed by atoms with E-state index in [1.54, 1.807) is 0 Å². The zero-order valence-corrected chi connectivity index (χ0v) is 12.9. The van der Waals surface area contributed by atoms with E-state index in [9.17, 15) is 0 Å². The summed E-state index contributed by atoms with van der Waals surface area (Å²) in [5, 5.41) is 0.785. The van der Waals surface area contributed by atoms with E-state index < -0.39 is 0 Å². The van der Waals surface area contributed by atoms with Gasteiger partial charge in [0.2, 0.25) is 0 Å². The van der Waals surface area contributed by atoms with Crippen molar-refractivity contribution >= 4 is 34.9 Å². The van der Waals surface area contributed by atoms with E-state index in [1.165, 1.54) is 25.7 Å². The molecule has 2 nitrogen and oxygen atoms in total. The van der Waals surface area contributed by atoms with Gasteiger partial charge in [0.05, 0.1) is 16.1 Å². The van der Waals surface area contributed by atoms with Crippen LogP contribution in [0.4, 0.5) is 0 Å². The highest BCUT2D eigenvalue weighted by molar-refractivity contribution is 7.71. The minimum atomic E-state index is 0.391. The fourth-order valence-corrected chi connectivity index (χ4v) is 3.98. The summed E-state index contributed by atoms with van der Waals surface area (Å²) in [6.45, 7) is 4.69. The van der Waals surface area contributed by atoms with Gasteiger partial charge in [0.1, 0.15) is 0 Å². The van der Waals surface area contributed by atoms with E-state index in [4.69, 9.17) is 23.8 Å². The summed E-state index contributed by atoms with van der Waals surface area (Å²) in [5.74, 6) is 0. The summed E-state index contributed by atoms with van der Waals surface area (Å²) < 4.78 is 3.04. The topological polar surface area (TPSA) is 20.7 Å². The van der Waals surface area contributed by atoms with Crippen LogP contribution in [0, 0.1) is 10.2 Å². The number of nitrogens with one attached hydrogen (secondary N) is 1. The predicted octanol–water partition coefficient (Wildman–Crippen LogP) is 5.49. The first kappa shape index (κ1) is 13.2. The fourth-order valence-electron chi connectivity index (χ4n) is 3.37. The van der Waals surface area contributed by atoms with Crippen LogP contribution in [0.15, 0.2) is 18.2 Å². The van der Waals surface area contributed by atoms with Crippen LogP contribution < -0.4 is 0 Å². The number of para-hydroxylation sites is 1. The highest BCUT2D eigenvalue weighted by Crippen LogP contribution is 2.42. The van der Waals surface area contributed by atoms with Gasteiger partial charge in [-0.15, -0.1) is 0 Å². The van der Waals surface area contributed by atoms with E-state index in [2.05, 4.69) is 23.4 Å². The molecule has 102 valence electrons. The van der Waals surface area contributed by atoms with Crippen molar-refractivity contribution in [3.63, 3.8) is 0 Å². The van der Waals surface area contributed by atoms with E-state index >= 15 is 0 Å². The maximum atomic E-state index is 6.38. The minimum Gasteiger partial charge on any atom is -0.331 e. The van der Waals surface area contributed by atoms with Gasteiger partial charge in [-0.25, -0.2) is 0 Å². The Morgan fingerprint density at radius 3 is 2.95 bits per heavy atom. The average molecular weight is 295 g/mol. The van der Waals surface area contributed by atoms with Crippen molar-refractivity contribution in [1.82, 2.24) is 9.55 Å². The van der Waals surface area contributed by atoms with E-state index in [0.717, 1.165) is 20.8 Å². The van der Waals surface area contributed by atoms with E-state index in [0.29, 0.717) is 11.5 Å². The highest BCUT2D eigenvalue weighted by Gasteiger charge is 2.30. The molecule has 1 aromatic carbocycles. The third kappa shape index (κ3) is 2.34. The zero-order valence-electron chi connectivity index (χ0n) is 11.4. The zero-order chi connectivity index (χ0) is 13.6. The molecule has 19 heavy (non-hydrogen) atoms. The summed E-state index contributed by atoms with van der Waals surface area (Å²) >= 11 is 11.9. The molecule has 0 aliphatic heterocycles. The molecule has 1 aliphatic carbocycles. The number of benzene rings is 1. The minimum absolute atomic E-state index is 0.391. The number of imidazole rings is 1. The standard InChI is InChI=1S/C15H19ClN2S/c1-15(2)8-4-5-10(9-15)18-13-11(16)6-3-7-12(13)17-14(18)19/h3,6-7,10H,4-5,8-9H2,1-2H3,(H,17,19). The van der Waals surface area contributed by atoms with Gasteiger partial charge in [-0.05, 0) is 49.0 Å². The van der Waals surface area contributed by atoms with Gasteiger partial charge in [-0.1, -0.05) is 37.9 Å². The summed E-state index contributed by atoms with van der Waals surface area (Å²) in [4.78, 5) is 3.29. The summed E-state index contributed by atoms with van der Waals surface area (Å²) in [7, 11) is 0. The lowest BCUT2D eigenvalue weighted by atomic mass is 9.75. The summed E-state index contributed by atoms with van der Waals surface area (Å²) in [6, 6.07) is 6.41. The Bertz CT molecular complexity index is 668. The second-order valence-electron chi connectivity index (χ2n) is 6.35. The van der Waals surface area contributed by atoms with Gasteiger partial charge in [0.15, 0.2) is 4.77 Å². The summed E-state index contributed by atoms with van der Waals surface area (Å²) in [5.41, 5.74) is 2.50. The summed E-state index contributed by atoms with van der Waals surface area (Å²) in [6.07, 6.45) is 4.92. The van der Waals surface area contributed by atoms with E-state index in [1.807, 2.05) is 18.2 Å². The number of aromatic nitrogens is 2. The molecule has 1 aromatic heterocycles. The molecule has 0 amide bonds. The number of hydrogen-bond acceptors (Lipinski definition) is 1. The van der Waals surface area contributed by atoms with Crippen LogP contribution in [0.5, 0.6) is 0 Å². The molecule has 1 unspecified atom stereocenters. The van der Waals surface area contributed by atoms with Crippen molar-refractivity contribution in [3.05, 3.63) is 28.0 Å². The number of halogens is 1. The number of H-pyrrole nitrogens is 1. The molecule has 1 heterocycles. The maximum absolute atomic E-state index is 6.38. The second kappa shape index (κ2) is 4.64. The molecule has 1 saturated carbocycles. The van der Waals surface area contributed by atoms with Crippen molar-refractivity contribution in [2.75, 3.05) is 0 Å². The first-order chi connectivity index (χ1) is 8.98. The molecule has 1 atom stereocenters. The van der Waals surface area contributed by atoms with Gasteiger partial charge in [-0.3, -0.25) is 0 Å². The molecule has 4 heteroatoms. The SMILES string of the molecule is CC1(C)CCCC(n2c(=S)[nH]c3cccc(Cl)c32)C1. The van der Waals surface area contributed by atoms with E-state index in [-0.39, 0.29) is 0 Å². The van der Waals surface area contributed by atoms with Crippen LogP contribution in [-0.2, 0) is 0 Å². The third-order valence-electron chi connectivity index (χ3n) is 4.23. The number of hydrogen-bond donors (Lipinski definition) is 1. The first-order valence-electron chi connectivity index (χ1n) is 6.87. The maximum Gasteiger partial charge on any atom is 0.178 e. The average Bonchev–Trinajstić information content (AvgIpc) is 2.65. The Hall–Kier alpha value is -0.800. The van der Waals surface area contributed by atoms with Crippen LogP contribution >= 0.6 is 23.8 Å². The number of rotatable bonds is 1. The molecule has 0 bridgehead atoms. The lowest BCUT2D eigenvalue weighted by molar-refractivity contribution is 0.185. The fraction of sp³-hybridized carbons (Fsp3) is 0.533. The molecule has 1 aliphatic rings. The largest absolute Gasteiger partial charge is 0.331 e. The molecule has 1 fully saturated rings. The van der Waals surface area contributed by atoms with Crippen LogP contribution in [0.2, 0.25) is 5.02 Å². The van der Waals surface area contributed by atoms with Gasteiger partial charge >= 0.3 is 0 Å². The normalized spacial score (nSPS) is 22.8. The lowest BCUT2D eigenvalue weighted by Crippen LogP contribution is -2.25. The third-order valence-corrected chi connectivity index (χ3v) is 4.84. The number of aromatic amines is 1. The lowest BCUT2D eigenvalue weighted by Gasteiger charge is -2.36. The molecular formula is C15H19ClN2S. The predicted molar refractivity (Wildman–Crippen MR) is 83.4 cm³/mol. The first-order valence-corrected chi connectivity index (χ1v) is 7.65. The van der Waals surface area contributed by atoms with Gasteiger partial charge < -0.3 is 9.55 Å². The van der Waals surface area contributed by atoms with Crippen molar-refractivity contribution < 1.29 is 0 Å². The van der Waals surface area contributed by atoms with Crippen molar-refractivity contribution in [2.24, 2.45) is 5.41 Å².